The molecule has 0 saturated carbocycles. The zero-order valence-electron chi connectivity index (χ0n) is 26.6. The Kier molecular flexibility index (Phi) is 9.95. The summed E-state index contributed by atoms with van der Waals surface area (Å²) in [5.41, 5.74) is 3.24. The van der Waals surface area contributed by atoms with E-state index in [-0.39, 0.29) is 12.0 Å². The van der Waals surface area contributed by atoms with Gasteiger partial charge in [0.1, 0.15) is 18.7 Å². The van der Waals surface area contributed by atoms with Crippen LogP contribution in [0.1, 0.15) is 56.3 Å². The Morgan fingerprint density at radius 1 is 0.978 bits per heavy atom. The lowest BCUT2D eigenvalue weighted by Gasteiger charge is -2.35. The van der Waals surface area contributed by atoms with Gasteiger partial charge < -0.3 is 14.8 Å². The minimum atomic E-state index is -1.12. The first-order valence-electron chi connectivity index (χ1n) is 15.3. The fourth-order valence-corrected chi connectivity index (χ4v) is 5.47. The Balaban J connectivity index is 1.51. The Labute approximate surface area is 269 Å². The van der Waals surface area contributed by atoms with Crippen LogP contribution in [-0.2, 0) is 26.3 Å². The third kappa shape index (κ3) is 7.51. The Bertz CT molecular complexity index is 1620. The molecule has 2 aromatic heterocycles. The van der Waals surface area contributed by atoms with Crippen LogP contribution >= 0.6 is 0 Å². The van der Waals surface area contributed by atoms with Crippen molar-refractivity contribution in [3.05, 3.63) is 114 Å². The predicted octanol–water partition coefficient (Wildman–Crippen LogP) is 6.30. The van der Waals surface area contributed by atoms with Gasteiger partial charge in [0, 0.05) is 36.3 Å². The normalized spacial score (nSPS) is 15.1. The lowest BCUT2D eigenvalue weighted by molar-refractivity contribution is -0.126. The van der Waals surface area contributed by atoms with Gasteiger partial charge in [0.2, 0.25) is 5.88 Å². The molecule has 1 aliphatic heterocycles. The Morgan fingerprint density at radius 2 is 1.74 bits per heavy atom. The number of anilines is 2. The van der Waals surface area contributed by atoms with Gasteiger partial charge in [0.25, 0.3) is 11.8 Å². The Morgan fingerprint density at radius 3 is 2.37 bits per heavy atom. The van der Waals surface area contributed by atoms with Crippen molar-refractivity contribution < 1.29 is 23.9 Å². The average molecular weight is 622 g/mol. The highest BCUT2D eigenvalue weighted by molar-refractivity contribution is 6.07. The molecular weight excluding hydrogens is 582 g/mol. The molecule has 0 bridgehead atoms. The molecule has 2 aromatic carbocycles. The highest BCUT2D eigenvalue weighted by Crippen LogP contribution is 2.34. The van der Waals surface area contributed by atoms with E-state index in [9.17, 15) is 14.4 Å². The van der Waals surface area contributed by atoms with E-state index in [2.05, 4.69) is 36.1 Å². The average Bonchev–Trinajstić information content (AvgIpc) is 3.57. The summed E-state index contributed by atoms with van der Waals surface area (Å²) < 4.78 is 10.8. The molecule has 1 N–H and O–H groups in total. The molecule has 3 heterocycles. The van der Waals surface area contributed by atoms with Crippen molar-refractivity contribution in [3.63, 3.8) is 0 Å². The standard InChI is InChI=1S/C36H39N5O5/c1-36(2,3)27-14-17-29(18-15-27)41(34(43)30-13-9-21-40(30)35(44)46-24-25-10-6-5-7-11-25)32(26-12-8-20-37-22-26)33(42)39-28-16-19-31(45-4)38-23-28/h5-8,10-12,14-20,22-23,30,32H,9,13,21,24H2,1-4H3,(H,39,42)/t30-,32?/m1/s1. The second kappa shape index (κ2) is 14.2. The van der Waals surface area contributed by atoms with Crippen LogP contribution in [-0.4, -0.2) is 52.5 Å². The van der Waals surface area contributed by atoms with E-state index in [1.165, 1.54) is 23.1 Å². The van der Waals surface area contributed by atoms with Crippen molar-refractivity contribution in [1.29, 1.82) is 0 Å². The molecule has 1 saturated heterocycles. The van der Waals surface area contributed by atoms with Crippen molar-refractivity contribution in [2.24, 2.45) is 0 Å². The number of aromatic nitrogens is 2. The fraction of sp³-hybridized carbons (Fsp3) is 0.306. The maximum Gasteiger partial charge on any atom is 0.410 e. The number of carbonyl (C=O) groups excluding carboxylic acids is 3. The largest absolute Gasteiger partial charge is 0.481 e. The van der Waals surface area contributed by atoms with E-state index in [0.29, 0.717) is 42.2 Å². The molecule has 238 valence electrons. The second-order valence-electron chi connectivity index (χ2n) is 12.2. The summed E-state index contributed by atoms with van der Waals surface area (Å²) in [4.78, 5) is 53.7. The van der Waals surface area contributed by atoms with Crippen LogP contribution in [0, 0.1) is 0 Å². The molecule has 10 heteroatoms. The smallest absolute Gasteiger partial charge is 0.410 e. The van der Waals surface area contributed by atoms with Crippen molar-refractivity contribution in [1.82, 2.24) is 14.9 Å². The van der Waals surface area contributed by atoms with Gasteiger partial charge >= 0.3 is 6.09 Å². The van der Waals surface area contributed by atoms with Gasteiger partial charge in [-0.3, -0.25) is 24.4 Å². The number of amides is 3. The van der Waals surface area contributed by atoms with Gasteiger partial charge in [-0.05, 0) is 53.6 Å². The van der Waals surface area contributed by atoms with Crippen molar-refractivity contribution in [2.45, 2.75) is 57.7 Å². The molecule has 0 radical (unpaired) electrons. The third-order valence-electron chi connectivity index (χ3n) is 7.95. The van der Waals surface area contributed by atoms with Crippen LogP contribution in [0.3, 0.4) is 0 Å². The SMILES string of the molecule is COc1ccc(NC(=O)C(c2cccnc2)N(C(=O)[C@H]2CCCN2C(=O)OCc2ccccc2)c2ccc(C(C)(C)C)cc2)cn1. The number of methoxy groups -OCH3 is 1. The van der Waals surface area contributed by atoms with Crippen LogP contribution in [0.2, 0.25) is 0 Å². The van der Waals surface area contributed by atoms with E-state index in [1.807, 2.05) is 54.6 Å². The zero-order valence-corrected chi connectivity index (χ0v) is 26.6. The van der Waals surface area contributed by atoms with E-state index in [0.717, 1.165) is 11.1 Å². The second-order valence-corrected chi connectivity index (χ2v) is 12.2. The lowest BCUT2D eigenvalue weighted by Crippen LogP contribution is -2.51. The zero-order chi connectivity index (χ0) is 32.7. The molecule has 10 nitrogen and oxygen atoms in total. The Hall–Kier alpha value is -5.25. The first-order chi connectivity index (χ1) is 22.2. The minimum absolute atomic E-state index is 0.0890. The van der Waals surface area contributed by atoms with Crippen molar-refractivity contribution >= 4 is 29.3 Å². The number of nitrogens with zero attached hydrogens (tertiary/aromatic N) is 4. The lowest BCUT2D eigenvalue weighted by atomic mass is 9.87. The maximum atomic E-state index is 14.7. The summed E-state index contributed by atoms with van der Waals surface area (Å²) in [6.45, 7) is 6.78. The van der Waals surface area contributed by atoms with Gasteiger partial charge in [0.05, 0.1) is 19.0 Å². The molecule has 1 fully saturated rings. The molecule has 46 heavy (non-hydrogen) atoms. The molecule has 1 aliphatic rings. The monoisotopic (exact) mass is 621 g/mol. The number of likely N-dealkylation sites (tertiary alicyclic amines) is 1. The number of nitrogens with one attached hydrogen (secondary N) is 1. The van der Waals surface area contributed by atoms with Gasteiger partial charge in [-0.2, -0.15) is 0 Å². The quantitative estimate of drug-likeness (QED) is 0.233. The summed E-state index contributed by atoms with van der Waals surface area (Å²) in [6, 6.07) is 21.8. The molecule has 2 atom stereocenters. The number of ether oxygens (including phenoxy) is 2. The van der Waals surface area contributed by atoms with Crippen molar-refractivity contribution in [3.8, 4) is 5.88 Å². The van der Waals surface area contributed by atoms with E-state index >= 15 is 0 Å². The van der Waals surface area contributed by atoms with E-state index < -0.39 is 30.0 Å². The predicted molar refractivity (Wildman–Crippen MR) is 175 cm³/mol. The van der Waals surface area contributed by atoms with Crippen LogP contribution in [0.15, 0.2) is 97.5 Å². The molecule has 5 rings (SSSR count). The summed E-state index contributed by atoms with van der Waals surface area (Å²) >= 11 is 0. The fourth-order valence-electron chi connectivity index (χ4n) is 5.47. The number of hydrogen-bond donors (Lipinski definition) is 1. The summed E-state index contributed by atoms with van der Waals surface area (Å²) in [5.74, 6) is -0.461. The number of benzene rings is 2. The van der Waals surface area contributed by atoms with Crippen molar-refractivity contribution in [2.75, 3.05) is 23.9 Å². The van der Waals surface area contributed by atoms with E-state index in [1.54, 1.807) is 36.7 Å². The molecular formula is C36H39N5O5. The van der Waals surface area contributed by atoms with Crippen LogP contribution < -0.4 is 15.0 Å². The topological polar surface area (TPSA) is 114 Å². The van der Waals surface area contributed by atoms with Crippen LogP contribution in [0.4, 0.5) is 16.2 Å². The summed E-state index contributed by atoms with van der Waals surface area (Å²) in [6.07, 6.45) is 5.14. The third-order valence-corrected chi connectivity index (χ3v) is 7.95. The minimum Gasteiger partial charge on any atom is -0.481 e. The summed E-state index contributed by atoms with van der Waals surface area (Å²) in [5, 5.41) is 2.91. The van der Waals surface area contributed by atoms with E-state index in [4.69, 9.17) is 9.47 Å². The number of hydrogen-bond acceptors (Lipinski definition) is 7. The van der Waals surface area contributed by atoms with Gasteiger partial charge in [-0.15, -0.1) is 0 Å². The summed E-state index contributed by atoms with van der Waals surface area (Å²) in [7, 11) is 1.51. The van der Waals surface area contributed by atoms with Gasteiger partial charge in [-0.1, -0.05) is 69.3 Å². The van der Waals surface area contributed by atoms with Gasteiger partial charge in [-0.25, -0.2) is 9.78 Å². The maximum absolute atomic E-state index is 14.7. The molecule has 3 amide bonds. The number of pyridine rings is 2. The molecule has 1 unspecified atom stereocenters. The molecule has 0 aliphatic carbocycles. The van der Waals surface area contributed by atoms with Crippen LogP contribution in [0.5, 0.6) is 5.88 Å². The van der Waals surface area contributed by atoms with Crippen LogP contribution in [0.25, 0.3) is 0 Å². The first kappa shape index (κ1) is 32.2. The number of carbonyl (C=O) groups is 3. The molecule has 4 aromatic rings. The van der Waals surface area contributed by atoms with Gasteiger partial charge in [0.15, 0.2) is 0 Å². The number of rotatable bonds is 9. The highest BCUT2D eigenvalue weighted by atomic mass is 16.6. The first-order valence-corrected chi connectivity index (χ1v) is 15.3. The highest BCUT2D eigenvalue weighted by Gasteiger charge is 2.42. The molecule has 0 spiro atoms.